The molecule has 0 aromatic carbocycles. The fourth-order valence-electron chi connectivity index (χ4n) is 2.98. The van der Waals surface area contributed by atoms with Gasteiger partial charge in [-0.05, 0) is 38.0 Å². The molecule has 122 valence electrons. The number of likely N-dealkylation sites (tertiary alicyclic amines) is 1. The molecule has 1 fully saturated rings. The second kappa shape index (κ2) is 8.71. The van der Waals surface area contributed by atoms with E-state index in [1.54, 1.807) is 0 Å². The topological polar surface area (TPSA) is 63.4 Å². The number of hydrogen-bond donors (Lipinski definition) is 0. The Morgan fingerprint density at radius 2 is 2.05 bits per heavy atom. The zero-order valence-corrected chi connectivity index (χ0v) is 13.4. The molecular formula is C17H26N2O3. The molecule has 0 bridgehead atoms. The van der Waals surface area contributed by atoms with Gasteiger partial charge < -0.3 is 9.32 Å². The molecule has 5 heteroatoms. The highest BCUT2D eigenvalue weighted by molar-refractivity contribution is 5.91. The first kappa shape index (κ1) is 16.7. The predicted octanol–water partition coefficient (Wildman–Crippen LogP) is 3.46. The van der Waals surface area contributed by atoms with Crippen molar-refractivity contribution < 1.29 is 14.0 Å². The Morgan fingerprint density at radius 3 is 2.68 bits per heavy atom. The molecule has 5 nitrogen and oxygen atoms in total. The fourth-order valence-corrected chi connectivity index (χ4v) is 2.98. The van der Waals surface area contributed by atoms with Crippen molar-refractivity contribution in [3.8, 4) is 0 Å². The number of oxazole rings is 1. The van der Waals surface area contributed by atoms with Gasteiger partial charge in [-0.15, -0.1) is 0 Å². The van der Waals surface area contributed by atoms with Crippen molar-refractivity contribution in [2.45, 2.75) is 58.3 Å². The molecule has 0 atom stereocenters. The Hall–Kier alpha value is -1.65. The number of amides is 1. The van der Waals surface area contributed by atoms with E-state index in [4.69, 9.17) is 4.42 Å². The molecule has 2 rings (SSSR count). The molecule has 0 unspecified atom stereocenters. The van der Waals surface area contributed by atoms with Crippen LogP contribution in [0.2, 0.25) is 0 Å². The van der Waals surface area contributed by atoms with Crippen molar-refractivity contribution in [1.29, 1.82) is 0 Å². The van der Waals surface area contributed by atoms with Gasteiger partial charge in [-0.2, -0.15) is 0 Å². The van der Waals surface area contributed by atoms with E-state index < -0.39 is 0 Å². The Bertz CT molecular complexity index is 462. The van der Waals surface area contributed by atoms with E-state index in [0.717, 1.165) is 51.6 Å². The van der Waals surface area contributed by atoms with Crippen molar-refractivity contribution in [2.75, 3.05) is 13.1 Å². The Kier molecular flexibility index (Phi) is 6.62. The van der Waals surface area contributed by atoms with Gasteiger partial charge >= 0.3 is 0 Å². The number of aromatic nitrogens is 1. The van der Waals surface area contributed by atoms with Crippen LogP contribution in [0.3, 0.4) is 0 Å². The number of carbonyl (C=O) groups is 2. The molecule has 1 aromatic rings. The summed E-state index contributed by atoms with van der Waals surface area (Å²) >= 11 is 0. The van der Waals surface area contributed by atoms with Gasteiger partial charge in [0.25, 0.3) is 5.89 Å². The molecule has 0 spiro atoms. The minimum absolute atomic E-state index is 0.0165. The summed E-state index contributed by atoms with van der Waals surface area (Å²) in [4.78, 5) is 29.6. The molecule has 0 radical (unpaired) electrons. The lowest BCUT2D eigenvalue weighted by Gasteiger charge is -2.32. The number of ketones is 1. The Balaban J connectivity index is 1.61. The summed E-state index contributed by atoms with van der Waals surface area (Å²) in [5.74, 6) is 1.14. The highest BCUT2D eigenvalue weighted by Crippen LogP contribution is 2.23. The summed E-state index contributed by atoms with van der Waals surface area (Å²) in [5.41, 5.74) is 0. The number of nitrogens with zero attached hydrogens (tertiary/aromatic N) is 2. The maximum atomic E-state index is 12.0. The first-order valence-electron chi connectivity index (χ1n) is 8.41. The van der Waals surface area contributed by atoms with Crippen LogP contribution < -0.4 is 0 Å². The average molecular weight is 306 g/mol. The van der Waals surface area contributed by atoms with Crippen LogP contribution in [0, 0.1) is 5.92 Å². The lowest BCUT2D eigenvalue weighted by Crippen LogP contribution is -2.38. The quantitative estimate of drug-likeness (QED) is 0.690. The first-order chi connectivity index (χ1) is 10.7. The monoisotopic (exact) mass is 306 g/mol. The van der Waals surface area contributed by atoms with E-state index in [9.17, 15) is 9.59 Å². The zero-order valence-electron chi connectivity index (χ0n) is 13.4. The van der Waals surface area contributed by atoms with E-state index >= 15 is 0 Å². The molecular weight excluding hydrogens is 280 g/mol. The molecule has 1 aliphatic rings. The minimum atomic E-state index is -0.0165. The number of hydrogen-bond acceptors (Lipinski definition) is 4. The number of Topliss-reactive ketones (excluding diaryl/α,β-unsaturated/α-hetero) is 1. The molecule has 1 aliphatic heterocycles. The molecule has 22 heavy (non-hydrogen) atoms. The largest absolute Gasteiger partial charge is 0.442 e. The molecule has 2 heterocycles. The summed E-state index contributed by atoms with van der Waals surface area (Å²) in [7, 11) is 0. The SMILES string of the molecule is CCCCC(=O)N1CCC(CCCC(=O)c2ncco2)CC1. The first-order valence-corrected chi connectivity index (χ1v) is 8.41. The summed E-state index contributed by atoms with van der Waals surface area (Å²) in [5, 5.41) is 0. The van der Waals surface area contributed by atoms with Gasteiger partial charge in [0.1, 0.15) is 6.26 Å². The van der Waals surface area contributed by atoms with Crippen molar-refractivity contribution in [2.24, 2.45) is 5.92 Å². The van der Waals surface area contributed by atoms with Gasteiger partial charge in [-0.25, -0.2) is 4.98 Å². The summed E-state index contributed by atoms with van der Waals surface area (Å²) in [6.07, 6.45) is 10.2. The maximum Gasteiger partial charge on any atom is 0.263 e. The summed E-state index contributed by atoms with van der Waals surface area (Å²) < 4.78 is 5.01. The van der Waals surface area contributed by atoms with Crippen molar-refractivity contribution in [3.05, 3.63) is 18.4 Å². The van der Waals surface area contributed by atoms with E-state index in [2.05, 4.69) is 11.9 Å². The Labute approximate surface area is 132 Å². The number of carbonyl (C=O) groups excluding carboxylic acids is 2. The normalized spacial score (nSPS) is 16.0. The molecule has 1 amide bonds. The van der Waals surface area contributed by atoms with Crippen LogP contribution in [0.1, 0.15) is 69.0 Å². The van der Waals surface area contributed by atoms with E-state index in [1.807, 2.05) is 4.90 Å². The van der Waals surface area contributed by atoms with Gasteiger partial charge in [-0.3, -0.25) is 9.59 Å². The van der Waals surface area contributed by atoms with Crippen LogP contribution in [0.15, 0.2) is 16.9 Å². The van der Waals surface area contributed by atoms with Crippen LogP contribution in [0.5, 0.6) is 0 Å². The van der Waals surface area contributed by atoms with Crippen LogP contribution in [-0.2, 0) is 4.79 Å². The smallest absolute Gasteiger partial charge is 0.263 e. The van der Waals surface area contributed by atoms with E-state index in [-0.39, 0.29) is 11.7 Å². The molecule has 0 aliphatic carbocycles. The molecule has 0 N–H and O–H groups in total. The second-order valence-electron chi connectivity index (χ2n) is 6.08. The highest BCUT2D eigenvalue weighted by Gasteiger charge is 2.22. The lowest BCUT2D eigenvalue weighted by atomic mass is 9.91. The fraction of sp³-hybridized carbons (Fsp3) is 0.706. The van der Waals surface area contributed by atoms with Gasteiger partial charge in [0.05, 0.1) is 6.20 Å². The molecule has 1 saturated heterocycles. The summed E-state index contributed by atoms with van der Waals surface area (Å²) in [6, 6.07) is 0. The number of unbranched alkanes of at least 4 members (excludes halogenated alkanes) is 1. The maximum absolute atomic E-state index is 12.0. The van der Waals surface area contributed by atoms with Crippen molar-refractivity contribution >= 4 is 11.7 Å². The van der Waals surface area contributed by atoms with Crippen LogP contribution in [0.4, 0.5) is 0 Å². The number of piperidine rings is 1. The lowest BCUT2D eigenvalue weighted by molar-refractivity contribution is -0.132. The van der Waals surface area contributed by atoms with Crippen LogP contribution >= 0.6 is 0 Å². The van der Waals surface area contributed by atoms with Gasteiger partial charge in [0, 0.05) is 25.9 Å². The number of rotatable bonds is 8. The second-order valence-corrected chi connectivity index (χ2v) is 6.08. The van der Waals surface area contributed by atoms with E-state index in [1.165, 1.54) is 12.5 Å². The predicted molar refractivity (Wildman–Crippen MR) is 83.5 cm³/mol. The van der Waals surface area contributed by atoms with E-state index in [0.29, 0.717) is 24.7 Å². The van der Waals surface area contributed by atoms with Crippen molar-refractivity contribution in [1.82, 2.24) is 9.88 Å². The summed E-state index contributed by atoms with van der Waals surface area (Å²) in [6.45, 7) is 3.86. The van der Waals surface area contributed by atoms with Crippen LogP contribution in [0.25, 0.3) is 0 Å². The third-order valence-electron chi connectivity index (χ3n) is 4.40. The third kappa shape index (κ3) is 4.97. The third-order valence-corrected chi connectivity index (χ3v) is 4.40. The highest BCUT2D eigenvalue weighted by atomic mass is 16.3. The van der Waals surface area contributed by atoms with Crippen molar-refractivity contribution in [3.63, 3.8) is 0 Å². The minimum Gasteiger partial charge on any atom is -0.442 e. The zero-order chi connectivity index (χ0) is 15.8. The molecule has 1 aromatic heterocycles. The van der Waals surface area contributed by atoms with Gasteiger partial charge in [0.2, 0.25) is 11.7 Å². The van der Waals surface area contributed by atoms with Gasteiger partial charge in [0.15, 0.2) is 0 Å². The van der Waals surface area contributed by atoms with Crippen LogP contribution in [-0.4, -0.2) is 34.7 Å². The standard InChI is InChI=1S/C17H26N2O3/c1-2-3-7-16(21)19-11-8-14(9-12-19)5-4-6-15(20)17-18-10-13-22-17/h10,13-14H,2-9,11-12H2,1H3. The molecule has 0 saturated carbocycles. The Morgan fingerprint density at radius 1 is 1.27 bits per heavy atom. The van der Waals surface area contributed by atoms with Gasteiger partial charge in [-0.1, -0.05) is 13.3 Å². The average Bonchev–Trinajstić information content (AvgIpc) is 3.07.